The van der Waals surface area contributed by atoms with Gasteiger partial charge in [0.15, 0.2) is 9.84 Å². The van der Waals surface area contributed by atoms with Gasteiger partial charge >= 0.3 is 0 Å². The molecule has 1 N–H and O–H groups in total. The minimum Gasteiger partial charge on any atom is -0.396 e. The molecular formula is C11H17NO5S3. The van der Waals surface area contributed by atoms with Crippen LogP contribution in [-0.4, -0.2) is 57.4 Å². The zero-order valence-corrected chi connectivity index (χ0v) is 13.3. The zero-order chi connectivity index (χ0) is 14.8. The summed E-state index contributed by atoms with van der Waals surface area (Å²) in [5.74, 6) is -0.0830. The summed E-state index contributed by atoms with van der Waals surface area (Å²) >= 11 is 1.13. The van der Waals surface area contributed by atoms with Crippen LogP contribution in [0.4, 0.5) is 0 Å². The van der Waals surface area contributed by atoms with E-state index in [2.05, 4.69) is 0 Å². The molecule has 1 saturated heterocycles. The van der Waals surface area contributed by atoms with Gasteiger partial charge in [0.2, 0.25) is 0 Å². The fourth-order valence-corrected chi connectivity index (χ4v) is 6.39. The van der Waals surface area contributed by atoms with E-state index in [1.165, 1.54) is 10.4 Å². The summed E-state index contributed by atoms with van der Waals surface area (Å²) in [4.78, 5) is 0.800. The van der Waals surface area contributed by atoms with Crippen molar-refractivity contribution >= 4 is 31.2 Å². The van der Waals surface area contributed by atoms with Crippen molar-refractivity contribution in [2.75, 3.05) is 31.2 Å². The predicted molar refractivity (Wildman–Crippen MR) is 77.1 cm³/mol. The normalized spacial score (nSPS) is 20.6. The molecule has 1 aromatic heterocycles. The van der Waals surface area contributed by atoms with E-state index in [9.17, 15) is 16.8 Å². The first-order chi connectivity index (χ1) is 9.35. The van der Waals surface area contributed by atoms with Gasteiger partial charge in [0.05, 0.1) is 11.5 Å². The highest BCUT2D eigenvalue weighted by atomic mass is 32.2. The van der Waals surface area contributed by atoms with Gasteiger partial charge in [0, 0.05) is 31.0 Å². The smallest absolute Gasteiger partial charge is 0.252 e. The second-order valence-electron chi connectivity index (χ2n) is 4.60. The third-order valence-corrected chi connectivity index (χ3v) is 8.33. The van der Waals surface area contributed by atoms with Gasteiger partial charge in [-0.3, -0.25) is 0 Å². The SMILES string of the molecule is O=S1(=O)CCCN(S(=O)(=O)c2ccc(CCO)s2)CC1. The van der Waals surface area contributed by atoms with Crippen molar-refractivity contribution < 1.29 is 21.9 Å². The second kappa shape index (κ2) is 6.10. The van der Waals surface area contributed by atoms with Crippen LogP contribution in [0, 0.1) is 0 Å². The van der Waals surface area contributed by atoms with Crippen LogP contribution in [0.1, 0.15) is 11.3 Å². The number of hydrogen-bond donors (Lipinski definition) is 1. The van der Waals surface area contributed by atoms with Crippen LogP contribution in [0.5, 0.6) is 0 Å². The van der Waals surface area contributed by atoms with Crippen LogP contribution in [0.2, 0.25) is 0 Å². The van der Waals surface area contributed by atoms with E-state index in [4.69, 9.17) is 5.11 Å². The molecule has 0 radical (unpaired) electrons. The van der Waals surface area contributed by atoms with Gasteiger partial charge in [-0.2, -0.15) is 4.31 Å². The molecule has 114 valence electrons. The fraction of sp³-hybridized carbons (Fsp3) is 0.636. The van der Waals surface area contributed by atoms with Crippen molar-refractivity contribution in [3.63, 3.8) is 0 Å². The summed E-state index contributed by atoms with van der Waals surface area (Å²) in [6, 6.07) is 3.20. The van der Waals surface area contributed by atoms with E-state index in [-0.39, 0.29) is 35.4 Å². The topological polar surface area (TPSA) is 91.8 Å². The summed E-state index contributed by atoms with van der Waals surface area (Å²) in [5, 5.41) is 8.86. The predicted octanol–water partition coefficient (Wildman–Crippen LogP) is 0.0921. The van der Waals surface area contributed by atoms with Crippen LogP contribution in [0.15, 0.2) is 16.3 Å². The molecule has 0 aliphatic carbocycles. The molecule has 1 aliphatic rings. The fourth-order valence-electron chi connectivity index (χ4n) is 2.02. The number of nitrogens with zero attached hydrogens (tertiary/aromatic N) is 1. The highest BCUT2D eigenvalue weighted by molar-refractivity contribution is 7.92. The Balaban J connectivity index is 2.20. The number of sulfonamides is 1. The molecular weight excluding hydrogens is 322 g/mol. The van der Waals surface area contributed by atoms with Gasteiger partial charge in [-0.15, -0.1) is 11.3 Å². The molecule has 1 aromatic rings. The van der Waals surface area contributed by atoms with Gasteiger partial charge in [0.25, 0.3) is 10.0 Å². The second-order valence-corrected chi connectivity index (χ2v) is 10.2. The molecule has 1 aliphatic heterocycles. The summed E-state index contributed by atoms with van der Waals surface area (Å²) in [5.41, 5.74) is 0. The minimum absolute atomic E-state index is 0.0118. The molecule has 0 aromatic carbocycles. The molecule has 2 heterocycles. The lowest BCUT2D eigenvalue weighted by Crippen LogP contribution is -2.33. The van der Waals surface area contributed by atoms with Crippen molar-refractivity contribution in [3.05, 3.63) is 17.0 Å². The quantitative estimate of drug-likeness (QED) is 0.839. The van der Waals surface area contributed by atoms with Gasteiger partial charge in [-0.05, 0) is 18.6 Å². The lowest BCUT2D eigenvalue weighted by atomic mass is 10.4. The first-order valence-corrected chi connectivity index (χ1v) is 10.3. The maximum atomic E-state index is 12.4. The van der Waals surface area contributed by atoms with Crippen LogP contribution in [0.25, 0.3) is 0 Å². The molecule has 0 spiro atoms. The van der Waals surface area contributed by atoms with E-state index in [1.54, 1.807) is 6.07 Å². The van der Waals surface area contributed by atoms with Gasteiger partial charge in [0.1, 0.15) is 4.21 Å². The van der Waals surface area contributed by atoms with E-state index in [1.807, 2.05) is 0 Å². The Hall–Kier alpha value is -0.480. The standard InChI is InChI=1S/C11H17NO5S3/c13-7-4-10-2-3-11(18-10)20(16,17)12-5-1-8-19(14,15)9-6-12/h2-3,13H,1,4-9H2. The molecule has 0 atom stereocenters. The number of thiophene rings is 1. The van der Waals surface area contributed by atoms with E-state index < -0.39 is 19.9 Å². The lowest BCUT2D eigenvalue weighted by molar-refractivity contribution is 0.300. The average Bonchev–Trinajstić information content (AvgIpc) is 2.75. The van der Waals surface area contributed by atoms with Crippen LogP contribution in [-0.2, 0) is 26.3 Å². The van der Waals surface area contributed by atoms with Crippen LogP contribution >= 0.6 is 11.3 Å². The monoisotopic (exact) mass is 339 g/mol. The van der Waals surface area contributed by atoms with Crippen molar-refractivity contribution in [2.45, 2.75) is 17.1 Å². The molecule has 0 amide bonds. The maximum absolute atomic E-state index is 12.4. The highest BCUT2D eigenvalue weighted by Crippen LogP contribution is 2.26. The van der Waals surface area contributed by atoms with Crippen molar-refractivity contribution in [2.24, 2.45) is 0 Å². The number of aliphatic hydroxyl groups excluding tert-OH is 1. The third-order valence-electron chi connectivity index (χ3n) is 3.10. The minimum atomic E-state index is -3.63. The molecule has 9 heteroatoms. The molecule has 0 unspecified atom stereocenters. The Labute approximate surface area is 123 Å². The average molecular weight is 339 g/mol. The lowest BCUT2D eigenvalue weighted by Gasteiger charge is -2.18. The van der Waals surface area contributed by atoms with Crippen molar-refractivity contribution in [1.82, 2.24) is 4.31 Å². The Morgan fingerprint density at radius 2 is 2.00 bits per heavy atom. The summed E-state index contributed by atoms with van der Waals surface area (Å²) < 4.78 is 49.4. The summed E-state index contributed by atoms with van der Waals surface area (Å²) in [6.07, 6.45) is 0.755. The van der Waals surface area contributed by atoms with E-state index in [0.29, 0.717) is 12.8 Å². The Kier molecular flexibility index (Phi) is 4.85. The number of hydrogen-bond acceptors (Lipinski definition) is 6. The van der Waals surface area contributed by atoms with Gasteiger partial charge < -0.3 is 5.11 Å². The molecule has 0 saturated carbocycles. The number of aliphatic hydroxyl groups is 1. The summed E-state index contributed by atoms with van der Waals surface area (Å²) in [7, 11) is -6.76. The highest BCUT2D eigenvalue weighted by Gasteiger charge is 2.29. The first-order valence-electron chi connectivity index (χ1n) is 6.25. The van der Waals surface area contributed by atoms with E-state index >= 15 is 0 Å². The zero-order valence-electron chi connectivity index (χ0n) is 10.9. The Morgan fingerprint density at radius 1 is 1.25 bits per heavy atom. The molecule has 6 nitrogen and oxygen atoms in total. The summed E-state index contributed by atoms with van der Waals surface area (Å²) in [6.45, 7) is 0.217. The molecule has 1 fully saturated rings. The third kappa shape index (κ3) is 3.59. The van der Waals surface area contributed by atoms with Crippen LogP contribution in [0.3, 0.4) is 0 Å². The number of rotatable bonds is 4. The Bertz CT molecular complexity index is 662. The largest absolute Gasteiger partial charge is 0.396 e. The number of sulfone groups is 1. The molecule has 20 heavy (non-hydrogen) atoms. The van der Waals surface area contributed by atoms with Crippen molar-refractivity contribution in [1.29, 1.82) is 0 Å². The van der Waals surface area contributed by atoms with Crippen LogP contribution < -0.4 is 0 Å². The Morgan fingerprint density at radius 3 is 2.70 bits per heavy atom. The van der Waals surface area contributed by atoms with Gasteiger partial charge in [-0.1, -0.05) is 0 Å². The molecule has 2 rings (SSSR count). The van der Waals surface area contributed by atoms with Gasteiger partial charge in [-0.25, -0.2) is 16.8 Å². The van der Waals surface area contributed by atoms with E-state index in [0.717, 1.165) is 16.2 Å². The maximum Gasteiger partial charge on any atom is 0.252 e. The molecule has 0 bridgehead atoms. The van der Waals surface area contributed by atoms with Crippen molar-refractivity contribution in [3.8, 4) is 0 Å². The first kappa shape index (κ1) is 15.9.